The Labute approximate surface area is 115 Å². The van der Waals surface area contributed by atoms with Gasteiger partial charge in [-0.1, -0.05) is 0 Å². The summed E-state index contributed by atoms with van der Waals surface area (Å²) in [5.41, 5.74) is 2.00. The minimum atomic E-state index is -0.923. The normalized spacial score (nSPS) is 18.6. The standard InChI is InChI=1S/C14H20FNO2S/c1-11-10-12(15)2-3-14(11)16-6-4-13(5-7-16)19(18)9-8-17/h2-3,10,13,17H,4-9H2,1H3. The van der Waals surface area contributed by atoms with E-state index in [1.165, 1.54) is 6.07 Å². The highest BCUT2D eigenvalue weighted by Crippen LogP contribution is 2.25. The first kappa shape index (κ1) is 14.5. The number of aliphatic hydroxyl groups is 1. The molecule has 2 rings (SSSR count). The molecule has 1 N–H and O–H groups in total. The van der Waals surface area contributed by atoms with Gasteiger partial charge in [0, 0.05) is 40.6 Å². The van der Waals surface area contributed by atoms with Crippen LogP contribution in [0.25, 0.3) is 0 Å². The van der Waals surface area contributed by atoms with Crippen LogP contribution < -0.4 is 4.90 Å². The summed E-state index contributed by atoms with van der Waals surface area (Å²) in [7, 11) is -0.923. The zero-order chi connectivity index (χ0) is 13.8. The molecule has 1 fully saturated rings. The summed E-state index contributed by atoms with van der Waals surface area (Å²) in [5, 5.41) is 9.01. The number of nitrogens with zero attached hydrogens (tertiary/aromatic N) is 1. The van der Waals surface area contributed by atoms with Crippen molar-refractivity contribution in [2.45, 2.75) is 25.0 Å². The van der Waals surface area contributed by atoms with E-state index in [0.29, 0.717) is 5.75 Å². The first-order chi connectivity index (χ1) is 9.11. The first-order valence-electron chi connectivity index (χ1n) is 6.61. The minimum absolute atomic E-state index is 0.0100. The van der Waals surface area contributed by atoms with Gasteiger partial charge in [-0.2, -0.15) is 0 Å². The van der Waals surface area contributed by atoms with Crippen molar-refractivity contribution in [2.75, 3.05) is 30.3 Å². The van der Waals surface area contributed by atoms with Crippen LogP contribution in [0.5, 0.6) is 0 Å². The van der Waals surface area contributed by atoms with Gasteiger partial charge < -0.3 is 10.0 Å². The fourth-order valence-corrected chi connectivity index (χ4v) is 3.84. The van der Waals surface area contributed by atoms with Crippen molar-refractivity contribution in [3.8, 4) is 0 Å². The Morgan fingerprint density at radius 2 is 2.11 bits per heavy atom. The summed E-state index contributed by atoms with van der Waals surface area (Å²) < 4.78 is 24.9. The van der Waals surface area contributed by atoms with Gasteiger partial charge in [-0.05, 0) is 43.5 Å². The number of halogens is 1. The maximum absolute atomic E-state index is 13.1. The molecule has 1 unspecified atom stereocenters. The molecular formula is C14H20FNO2S. The first-order valence-corrected chi connectivity index (χ1v) is 7.99. The summed E-state index contributed by atoms with van der Waals surface area (Å²) >= 11 is 0. The Kier molecular flexibility index (Phi) is 4.93. The van der Waals surface area contributed by atoms with Crippen molar-refractivity contribution in [3.63, 3.8) is 0 Å². The highest BCUT2D eigenvalue weighted by atomic mass is 32.2. The van der Waals surface area contributed by atoms with Gasteiger partial charge in [-0.25, -0.2) is 4.39 Å². The SMILES string of the molecule is Cc1cc(F)ccc1N1CCC(S(=O)CCO)CC1. The van der Waals surface area contributed by atoms with Crippen molar-refractivity contribution in [1.82, 2.24) is 0 Å². The van der Waals surface area contributed by atoms with Crippen LogP contribution in [-0.2, 0) is 10.8 Å². The zero-order valence-electron chi connectivity index (χ0n) is 11.1. The van der Waals surface area contributed by atoms with Crippen molar-refractivity contribution < 1.29 is 13.7 Å². The predicted octanol–water partition coefficient (Wildman–Crippen LogP) is 1.84. The molecule has 0 radical (unpaired) electrons. The number of anilines is 1. The van der Waals surface area contributed by atoms with Gasteiger partial charge in [0.1, 0.15) is 5.82 Å². The molecule has 19 heavy (non-hydrogen) atoms. The second-order valence-corrected chi connectivity index (χ2v) is 6.76. The Bertz CT molecular complexity index is 459. The third kappa shape index (κ3) is 3.54. The van der Waals surface area contributed by atoms with E-state index < -0.39 is 10.8 Å². The lowest BCUT2D eigenvalue weighted by atomic mass is 10.1. The fourth-order valence-electron chi connectivity index (χ4n) is 2.59. The van der Waals surface area contributed by atoms with Crippen LogP contribution in [0, 0.1) is 12.7 Å². The maximum Gasteiger partial charge on any atom is 0.123 e. The van der Waals surface area contributed by atoms with Crippen molar-refractivity contribution in [2.24, 2.45) is 0 Å². The van der Waals surface area contributed by atoms with E-state index in [9.17, 15) is 8.60 Å². The zero-order valence-corrected chi connectivity index (χ0v) is 12.0. The Morgan fingerprint density at radius 1 is 1.42 bits per heavy atom. The number of hydrogen-bond acceptors (Lipinski definition) is 3. The fraction of sp³-hybridized carbons (Fsp3) is 0.571. The second kappa shape index (κ2) is 6.48. The Balaban J connectivity index is 1.98. The molecule has 0 saturated carbocycles. The van der Waals surface area contributed by atoms with E-state index in [-0.39, 0.29) is 17.7 Å². The summed E-state index contributed by atoms with van der Waals surface area (Å²) in [6.45, 7) is 3.58. The number of rotatable bonds is 4. The Morgan fingerprint density at radius 3 is 2.68 bits per heavy atom. The van der Waals surface area contributed by atoms with Crippen LogP contribution in [0.1, 0.15) is 18.4 Å². The number of aliphatic hydroxyl groups excluding tert-OH is 1. The highest BCUT2D eigenvalue weighted by molar-refractivity contribution is 7.85. The topological polar surface area (TPSA) is 40.5 Å². The van der Waals surface area contributed by atoms with Crippen LogP contribution in [0.4, 0.5) is 10.1 Å². The lowest BCUT2D eigenvalue weighted by Gasteiger charge is -2.34. The van der Waals surface area contributed by atoms with Crippen molar-refractivity contribution in [1.29, 1.82) is 0 Å². The Hall–Kier alpha value is -0.940. The molecule has 0 aliphatic carbocycles. The van der Waals surface area contributed by atoms with Gasteiger partial charge in [0.2, 0.25) is 0 Å². The molecule has 0 bridgehead atoms. The molecule has 3 nitrogen and oxygen atoms in total. The largest absolute Gasteiger partial charge is 0.395 e. The molecule has 1 aliphatic heterocycles. The van der Waals surface area contributed by atoms with Gasteiger partial charge in [-0.15, -0.1) is 0 Å². The van der Waals surface area contributed by atoms with Crippen molar-refractivity contribution >= 4 is 16.5 Å². The van der Waals surface area contributed by atoms with Crippen LogP contribution in [0.15, 0.2) is 18.2 Å². The lowest BCUT2D eigenvalue weighted by Crippen LogP contribution is -2.38. The molecule has 1 saturated heterocycles. The average Bonchev–Trinajstić information content (AvgIpc) is 2.39. The van der Waals surface area contributed by atoms with Gasteiger partial charge >= 0.3 is 0 Å². The number of piperidine rings is 1. The molecular weight excluding hydrogens is 265 g/mol. The molecule has 5 heteroatoms. The summed E-state index contributed by atoms with van der Waals surface area (Å²) in [4.78, 5) is 2.22. The van der Waals surface area contributed by atoms with E-state index >= 15 is 0 Å². The molecule has 1 heterocycles. The van der Waals surface area contributed by atoms with Gasteiger partial charge in [0.05, 0.1) is 6.61 Å². The molecule has 0 aromatic heterocycles. The van der Waals surface area contributed by atoms with E-state index in [4.69, 9.17) is 5.11 Å². The molecule has 1 aromatic rings. The molecule has 106 valence electrons. The second-order valence-electron chi connectivity index (χ2n) is 4.93. The molecule has 1 atom stereocenters. The van der Waals surface area contributed by atoms with E-state index in [0.717, 1.165) is 37.2 Å². The maximum atomic E-state index is 13.1. The highest BCUT2D eigenvalue weighted by Gasteiger charge is 2.24. The van der Waals surface area contributed by atoms with Crippen LogP contribution in [-0.4, -0.2) is 40.0 Å². The summed E-state index contributed by atoms with van der Waals surface area (Å²) in [6, 6.07) is 4.85. The van der Waals surface area contributed by atoms with E-state index in [2.05, 4.69) is 4.90 Å². The van der Waals surface area contributed by atoms with Gasteiger partial charge in [0.25, 0.3) is 0 Å². The average molecular weight is 285 g/mol. The third-order valence-corrected chi connectivity index (χ3v) is 5.41. The quantitative estimate of drug-likeness (QED) is 0.918. The third-order valence-electron chi connectivity index (χ3n) is 3.61. The van der Waals surface area contributed by atoms with Gasteiger partial charge in [0.15, 0.2) is 0 Å². The monoisotopic (exact) mass is 285 g/mol. The van der Waals surface area contributed by atoms with Crippen LogP contribution in [0.2, 0.25) is 0 Å². The van der Waals surface area contributed by atoms with Crippen LogP contribution in [0.3, 0.4) is 0 Å². The molecule has 0 spiro atoms. The minimum Gasteiger partial charge on any atom is -0.395 e. The summed E-state index contributed by atoms with van der Waals surface area (Å²) in [5.74, 6) is 0.167. The number of hydrogen-bond donors (Lipinski definition) is 1. The number of benzene rings is 1. The molecule has 0 amide bonds. The van der Waals surface area contributed by atoms with E-state index in [1.807, 2.05) is 13.0 Å². The van der Waals surface area contributed by atoms with Gasteiger partial charge in [-0.3, -0.25) is 4.21 Å². The molecule has 1 aromatic carbocycles. The van der Waals surface area contributed by atoms with Crippen molar-refractivity contribution in [3.05, 3.63) is 29.6 Å². The van der Waals surface area contributed by atoms with Crippen LogP contribution >= 0.6 is 0 Å². The number of aryl methyl sites for hydroxylation is 1. The van der Waals surface area contributed by atoms with E-state index in [1.54, 1.807) is 6.07 Å². The summed E-state index contributed by atoms with van der Waals surface area (Å²) in [6.07, 6.45) is 1.73. The molecule has 1 aliphatic rings. The predicted molar refractivity (Wildman–Crippen MR) is 76.5 cm³/mol. The smallest absolute Gasteiger partial charge is 0.123 e. The lowest BCUT2D eigenvalue weighted by molar-refractivity contribution is 0.321.